The summed E-state index contributed by atoms with van der Waals surface area (Å²) in [4.78, 5) is 0. The lowest BCUT2D eigenvalue weighted by Gasteiger charge is -2.08. The van der Waals surface area contributed by atoms with Crippen molar-refractivity contribution in [3.05, 3.63) is 42.0 Å². The molecule has 10 heteroatoms. The van der Waals surface area contributed by atoms with Crippen molar-refractivity contribution in [3.8, 4) is 11.5 Å². The third kappa shape index (κ3) is 3.28. The van der Waals surface area contributed by atoms with E-state index >= 15 is 0 Å². The molecule has 6 nitrogen and oxygen atoms in total. The Morgan fingerprint density at radius 3 is 2.42 bits per heavy atom. The van der Waals surface area contributed by atoms with Crippen molar-refractivity contribution in [2.75, 3.05) is 0 Å². The molecule has 126 valence electrons. The van der Waals surface area contributed by atoms with Gasteiger partial charge in [-0.1, -0.05) is 30.0 Å². The highest BCUT2D eigenvalue weighted by Gasteiger charge is 2.37. The molecule has 0 saturated heterocycles. The third-order valence-corrected chi connectivity index (χ3v) is 4.30. The largest absolute Gasteiger partial charge is 0.451 e. The lowest BCUT2D eigenvalue weighted by Crippen LogP contribution is -2.13. The van der Waals surface area contributed by atoms with Gasteiger partial charge < -0.3 is 8.98 Å². The molecule has 1 unspecified atom stereocenters. The summed E-state index contributed by atoms with van der Waals surface area (Å²) < 4.78 is 44.7. The molecule has 1 aromatic carbocycles. The number of hydrogen-bond acceptors (Lipinski definition) is 6. The number of alkyl halides is 3. The topological polar surface area (TPSA) is 69.6 Å². The molecule has 0 aliphatic heterocycles. The fourth-order valence-corrected chi connectivity index (χ4v) is 2.81. The molecule has 0 aliphatic rings. The van der Waals surface area contributed by atoms with Gasteiger partial charge in [0, 0.05) is 12.6 Å². The molecule has 0 saturated carbocycles. The second kappa shape index (κ2) is 6.27. The Bertz CT molecular complexity index is 831. The number of rotatable bonds is 4. The fraction of sp³-hybridized carbons (Fsp3) is 0.286. The van der Waals surface area contributed by atoms with Crippen LogP contribution in [0.3, 0.4) is 0 Å². The highest BCUT2D eigenvalue weighted by atomic mass is 32.2. The quantitative estimate of drug-likeness (QED) is 0.664. The lowest BCUT2D eigenvalue weighted by atomic mass is 10.2. The number of nitrogens with zero attached hydrogens (tertiary/aromatic N) is 5. The Hall–Kier alpha value is -2.36. The van der Waals surface area contributed by atoms with Crippen LogP contribution in [0.1, 0.15) is 23.9 Å². The highest BCUT2D eigenvalue weighted by molar-refractivity contribution is 7.99. The molecule has 24 heavy (non-hydrogen) atoms. The number of benzene rings is 1. The minimum absolute atomic E-state index is 0.120. The van der Waals surface area contributed by atoms with E-state index in [9.17, 15) is 13.2 Å². The average molecular weight is 355 g/mol. The lowest BCUT2D eigenvalue weighted by molar-refractivity contribution is -0.147. The normalized spacial score (nSPS) is 13.2. The monoisotopic (exact) mass is 355 g/mol. The Labute approximate surface area is 139 Å². The number of thioether (sulfide) groups is 1. The molecule has 0 N–H and O–H groups in total. The van der Waals surface area contributed by atoms with Crippen molar-refractivity contribution in [1.29, 1.82) is 0 Å². The zero-order valence-corrected chi connectivity index (χ0v) is 13.5. The maximum absolute atomic E-state index is 12.7. The molecule has 0 radical (unpaired) electrons. The summed E-state index contributed by atoms with van der Waals surface area (Å²) in [5.74, 6) is -0.393. The van der Waals surface area contributed by atoms with E-state index in [1.165, 1.54) is 7.05 Å². The minimum atomic E-state index is -4.55. The molecule has 0 aliphatic carbocycles. The van der Waals surface area contributed by atoms with Crippen molar-refractivity contribution >= 4 is 11.8 Å². The van der Waals surface area contributed by atoms with Crippen molar-refractivity contribution in [3.63, 3.8) is 0 Å². The third-order valence-electron chi connectivity index (χ3n) is 3.18. The molecule has 0 spiro atoms. The van der Waals surface area contributed by atoms with Crippen LogP contribution in [-0.4, -0.2) is 25.0 Å². The molecule has 3 aromatic rings. The van der Waals surface area contributed by atoms with Gasteiger partial charge in [0.2, 0.25) is 17.6 Å². The van der Waals surface area contributed by atoms with E-state index in [0.29, 0.717) is 11.8 Å². The smallest absolute Gasteiger partial charge is 0.419 e. The molecule has 1 atom stereocenters. The van der Waals surface area contributed by atoms with Gasteiger partial charge in [0.15, 0.2) is 5.16 Å². The van der Waals surface area contributed by atoms with Crippen molar-refractivity contribution in [1.82, 2.24) is 25.0 Å². The van der Waals surface area contributed by atoms with Gasteiger partial charge in [-0.05, 0) is 19.1 Å². The van der Waals surface area contributed by atoms with Gasteiger partial charge in [0.25, 0.3) is 0 Å². The van der Waals surface area contributed by atoms with E-state index < -0.39 is 12.0 Å². The highest BCUT2D eigenvalue weighted by Crippen LogP contribution is 2.36. The Morgan fingerprint density at radius 2 is 1.79 bits per heavy atom. The van der Waals surface area contributed by atoms with Crippen molar-refractivity contribution in [2.24, 2.45) is 7.05 Å². The Balaban J connectivity index is 1.78. The SMILES string of the molecule is CC(Sc1nnc(C(F)(F)F)n1C)c1nnc(-c2ccccc2)o1. The van der Waals surface area contributed by atoms with Gasteiger partial charge in [0.1, 0.15) is 0 Å². The van der Waals surface area contributed by atoms with Crippen LogP contribution in [0.25, 0.3) is 11.5 Å². The first-order valence-corrected chi connectivity index (χ1v) is 7.76. The molecule has 0 bridgehead atoms. The standard InChI is InChI=1S/C14H12F3N5OS/c1-8(24-13-21-20-12(22(13)2)14(15,16)17)10-18-19-11(23-10)9-6-4-3-5-7-9/h3-8H,1-2H3. The van der Waals surface area contributed by atoms with E-state index in [4.69, 9.17) is 4.42 Å². The van der Waals surface area contributed by atoms with E-state index in [1.54, 1.807) is 6.92 Å². The molecule has 2 aromatic heterocycles. The summed E-state index contributed by atoms with van der Waals surface area (Å²) in [5.41, 5.74) is 0.770. The summed E-state index contributed by atoms with van der Waals surface area (Å²) in [5, 5.41) is 14.4. The molecular formula is C14H12F3N5OS. The average Bonchev–Trinajstić information content (AvgIpc) is 3.15. The van der Waals surface area contributed by atoms with Crippen LogP contribution in [0.5, 0.6) is 0 Å². The van der Waals surface area contributed by atoms with Crippen LogP contribution in [0, 0.1) is 0 Å². The first-order chi connectivity index (χ1) is 11.4. The predicted octanol–water partition coefficient (Wildman–Crippen LogP) is 3.74. The van der Waals surface area contributed by atoms with Crippen molar-refractivity contribution < 1.29 is 17.6 Å². The second-order valence-corrected chi connectivity index (χ2v) is 6.24. The van der Waals surface area contributed by atoms with E-state index in [0.717, 1.165) is 21.9 Å². The number of halogens is 3. The zero-order valence-electron chi connectivity index (χ0n) is 12.7. The van der Waals surface area contributed by atoms with E-state index in [-0.39, 0.29) is 10.4 Å². The molecule has 0 amide bonds. The van der Waals surface area contributed by atoms with Crippen LogP contribution in [0.4, 0.5) is 13.2 Å². The van der Waals surface area contributed by atoms with Crippen LogP contribution in [-0.2, 0) is 13.2 Å². The number of aromatic nitrogens is 5. The van der Waals surface area contributed by atoms with Gasteiger partial charge in [0.05, 0.1) is 5.25 Å². The maximum Gasteiger partial charge on any atom is 0.451 e. The Kier molecular flexibility index (Phi) is 4.31. The molecule has 2 heterocycles. The van der Waals surface area contributed by atoms with Gasteiger partial charge >= 0.3 is 6.18 Å². The summed E-state index contributed by atoms with van der Waals surface area (Å²) in [6.45, 7) is 1.74. The van der Waals surface area contributed by atoms with Crippen LogP contribution < -0.4 is 0 Å². The summed E-state index contributed by atoms with van der Waals surface area (Å²) >= 11 is 1.06. The Morgan fingerprint density at radius 1 is 1.08 bits per heavy atom. The minimum Gasteiger partial charge on any atom is -0.419 e. The van der Waals surface area contributed by atoms with E-state index in [1.807, 2.05) is 30.3 Å². The van der Waals surface area contributed by atoms with Gasteiger partial charge in [-0.2, -0.15) is 13.2 Å². The number of hydrogen-bond donors (Lipinski definition) is 0. The fourth-order valence-electron chi connectivity index (χ4n) is 1.97. The van der Waals surface area contributed by atoms with Crippen molar-refractivity contribution in [2.45, 2.75) is 23.5 Å². The molecule has 0 fully saturated rings. The predicted molar refractivity (Wildman–Crippen MR) is 80.0 cm³/mol. The van der Waals surface area contributed by atoms with Crippen LogP contribution in [0.15, 0.2) is 39.9 Å². The second-order valence-electron chi connectivity index (χ2n) is 4.93. The molecular weight excluding hydrogens is 343 g/mol. The zero-order chi connectivity index (χ0) is 17.3. The summed E-state index contributed by atoms with van der Waals surface area (Å²) in [6.07, 6.45) is -4.55. The van der Waals surface area contributed by atoms with Crippen LogP contribution in [0.2, 0.25) is 0 Å². The van der Waals surface area contributed by atoms with Gasteiger partial charge in [-0.15, -0.1) is 20.4 Å². The first kappa shape index (κ1) is 16.5. The van der Waals surface area contributed by atoms with Gasteiger partial charge in [-0.3, -0.25) is 0 Å². The summed E-state index contributed by atoms with van der Waals surface area (Å²) in [6, 6.07) is 9.21. The first-order valence-electron chi connectivity index (χ1n) is 6.88. The summed E-state index contributed by atoms with van der Waals surface area (Å²) in [7, 11) is 1.26. The molecule has 3 rings (SSSR count). The van der Waals surface area contributed by atoms with Gasteiger partial charge in [-0.25, -0.2) is 0 Å². The maximum atomic E-state index is 12.7. The van der Waals surface area contributed by atoms with E-state index in [2.05, 4.69) is 20.4 Å². The van der Waals surface area contributed by atoms with Crippen LogP contribution >= 0.6 is 11.8 Å².